The van der Waals surface area contributed by atoms with Crippen LogP contribution in [0, 0.1) is 0 Å². The van der Waals surface area contributed by atoms with Gasteiger partial charge in [-0.25, -0.2) is 0 Å². The van der Waals surface area contributed by atoms with Gasteiger partial charge < -0.3 is 14.6 Å². The highest BCUT2D eigenvalue weighted by atomic mass is 35.5. The third-order valence-corrected chi connectivity index (χ3v) is 6.71. The summed E-state index contributed by atoms with van der Waals surface area (Å²) in [5, 5.41) is 12.4. The third kappa shape index (κ3) is 3.65. The second-order valence-corrected chi connectivity index (χ2v) is 8.86. The van der Waals surface area contributed by atoms with Crippen LogP contribution >= 0.6 is 11.6 Å². The van der Waals surface area contributed by atoms with E-state index in [2.05, 4.69) is 29.0 Å². The Kier molecular flexibility index (Phi) is 5.40. The minimum Gasteiger partial charge on any atom is -0.508 e. The van der Waals surface area contributed by atoms with E-state index in [1.807, 2.05) is 42.3 Å². The Labute approximate surface area is 192 Å². The second-order valence-electron chi connectivity index (χ2n) is 8.42. The normalized spacial score (nSPS) is 15.7. The van der Waals surface area contributed by atoms with Crippen molar-refractivity contribution in [2.75, 3.05) is 6.54 Å². The van der Waals surface area contributed by atoms with Gasteiger partial charge in [-0.2, -0.15) is 0 Å². The van der Waals surface area contributed by atoms with Gasteiger partial charge in [-0.1, -0.05) is 54.1 Å². The lowest BCUT2D eigenvalue weighted by Crippen LogP contribution is -2.40. The van der Waals surface area contributed by atoms with Crippen LogP contribution in [0.1, 0.15) is 34.7 Å². The molecule has 2 heterocycles. The van der Waals surface area contributed by atoms with Gasteiger partial charge in [0.1, 0.15) is 5.75 Å². The fraction of sp³-hybridized carbons (Fsp3) is 0.222. The van der Waals surface area contributed by atoms with Gasteiger partial charge >= 0.3 is 0 Å². The van der Waals surface area contributed by atoms with Crippen molar-refractivity contribution >= 4 is 28.4 Å². The van der Waals surface area contributed by atoms with E-state index in [-0.39, 0.29) is 17.7 Å². The number of amides is 1. The number of hydrogen-bond acceptors (Lipinski definition) is 2. The van der Waals surface area contributed by atoms with Crippen LogP contribution < -0.4 is 0 Å². The number of phenolic OH excluding ortho intramolecular Hbond substituents is 1. The summed E-state index contributed by atoms with van der Waals surface area (Å²) in [5.41, 5.74) is 5.27. The standard InChI is InChI=1S/C27H25ClN2O2/c1-29-17-19(21-7-4-5-9-24(21)29)10-13-26(32)30-15-14-18-6-2-3-8-22(18)27(30)23-16-20(28)11-12-25(23)31/h2-9,11-12,16-17,27,31H,10,13-15H2,1H3. The molecule has 0 saturated heterocycles. The fourth-order valence-electron chi connectivity index (χ4n) is 4.93. The van der Waals surface area contributed by atoms with Crippen molar-refractivity contribution in [3.63, 3.8) is 0 Å². The van der Waals surface area contributed by atoms with E-state index in [1.165, 1.54) is 22.0 Å². The smallest absolute Gasteiger partial charge is 0.223 e. The molecular formula is C27H25ClN2O2. The van der Waals surface area contributed by atoms with Gasteiger partial charge in [0.15, 0.2) is 0 Å². The Hall–Kier alpha value is -3.24. The highest BCUT2D eigenvalue weighted by Gasteiger charge is 2.33. The summed E-state index contributed by atoms with van der Waals surface area (Å²) >= 11 is 6.27. The average molecular weight is 445 g/mol. The Bertz CT molecular complexity index is 1310. The summed E-state index contributed by atoms with van der Waals surface area (Å²) in [6.07, 6.45) is 4.00. The van der Waals surface area contributed by atoms with Crippen LogP contribution in [0.3, 0.4) is 0 Å². The van der Waals surface area contributed by atoms with Crippen LogP contribution in [0.4, 0.5) is 0 Å². The predicted molar refractivity (Wildman–Crippen MR) is 128 cm³/mol. The minimum atomic E-state index is -0.348. The molecule has 0 fully saturated rings. The number of aromatic hydroxyl groups is 1. The molecule has 0 saturated carbocycles. The predicted octanol–water partition coefficient (Wildman–Crippen LogP) is 5.64. The zero-order valence-electron chi connectivity index (χ0n) is 18.0. The molecule has 1 amide bonds. The molecule has 32 heavy (non-hydrogen) atoms. The number of nitrogens with zero attached hydrogens (tertiary/aromatic N) is 2. The Morgan fingerprint density at radius 1 is 1.06 bits per heavy atom. The van der Waals surface area contributed by atoms with Crippen molar-refractivity contribution in [3.05, 3.63) is 100 Å². The lowest BCUT2D eigenvalue weighted by Gasteiger charge is -2.38. The largest absolute Gasteiger partial charge is 0.508 e. The van der Waals surface area contributed by atoms with Gasteiger partial charge in [-0.15, -0.1) is 0 Å². The summed E-state index contributed by atoms with van der Waals surface area (Å²) in [5.74, 6) is 0.236. The van der Waals surface area contributed by atoms with Crippen molar-refractivity contribution in [3.8, 4) is 5.75 Å². The monoisotopic (exact) mass is 444 g/mol. The van der Waals surface area contributed by atoms with Crippen LogP contribution in [0.5, 0.6) is 5.75 Å². The maximum Gasteiger partial charge on any atom is 0.223 e. The first-order chi connectivity index (χ1) is 15.5. The minimum absolute atomic E-state index is 0.0804. The summed E-state index contributed by atoms with van der Waals surface area (Å²) in [4.78, 5) is 15.4. The molecule has 0 aliphatic carbocycles. The first-order valence-corrected chi connectivity index (χ1v) is 11.3. The van der Waals surface area contributed by atoms with Gasteiger partial charge in [0, 0.05) is 47.7 Å². The summed E-state index contributed by atoms with van der Waals surface area (Å²) in [6.45, 7) is 0.613. The second kappa shape index (κ2) is 8.36. The Morgan fingerprint density at radius 2 is 1.84 bits per heavy atom. The zero-order valence-corrected chi connectivity index (χ0v) is 18.7. The highest BCUT2D eigenvalue weighted by Crippen LogP contribution is 2.40. The molecular weight excluding hydrogens is 420 g/mol. The molecule has 1 unspecified atom stereocenters. The molecule has 1 aliphatic heterocycles. The number of para-hydroxylation sites is 1. The lowest BCUT2D eigenvalue weighted by molar-refractivity contribution is -0.133. The zero-order chi connectivity index (χ0) is 22.2. The molecule has 0 radical (unpaired) electrons. The molecule has 0 bridgehead atoms. The molecule has 162 valence electrons. The maximum atomic E-state index is 13.5. The van der Waals surface area contributed by atoms with Gasteiger partial charge in [0.25, 0.3) is 0 Å². The van der Waals surface area contributed by atoms with Crippen LogP contribution in [-0.2, 0) is 24.7 Å². The Balaban J connectivity index is 1.47. The van der Waals surface area contributed by atoms with Crippen LogP contribution in [0.25, 0.3) is 10.9 Å². The van der Waals surface area contributed by atoms with Crippen molar-refractivity contribution in [2.24, 2.45) is 7.05 Å². The number of rotatable bonds is 4. The van der Waals surface area contributed by atoms with Crippen molar-refractivity contribution < 1.29 is 9.90 Å². The first kappa shape index (κ1) is 20.7. The van der Waals surface area contributed by atoms with Gasteiger partial charge in [-0.3, -0.25) is 4.79 Å². The number of fused-ring (bicyclic) bond motifs is 2. The van der Waals surface area contributed by atoms with E-state index in [1.54, 1.807) is 18.2 Å². The number of hydrogen-bond donors (Lipinski definition) is 1. The van der Waals surface area contributed by atoms with Crippen LogP contribution in [-0.4, -0.2) is 27.0 Å². The Morgan fingerprint density at radius 3 is 2.72 bits per heavy atom. The van der Waals surface area contributed by atoms with Crippen molar-refractivity contribution in [1.82, 2.24) is 9.47 Å². The van der Waals surface area contributed by atoms with E-state index in [9.17, 15) is 9.90 Å². The molecule has 1 aliphatic rings. The molecule has 0 spiro atoms. The van der Waals surface area contributed by atoms with Crippen LogP contribution in [0.2, 0.25) is 5.02 Å². The number of halogens is 1. The lowest BCUT2D eigenvalue weighted by atomic mass is 9.87. The molecule has 1 N–H and O–H groups in total. The number of phenols is 1. The number of benzene rings is 3. The molecule has 5 rings (SSSR count). The molecule has 1 atom stereocenters. The summed E-state index contributed by atoms with van der Waals surface area (Å²) < 4.78 is 2.11. The van der Waals surface area contributed by atoms with Crippen molar-refractivity contribution in [1.29, 1.82) is 0 Å². The van der Waals surface area contributed by atoms with Gasteiger partial charge in [-0.05, 0) is 53.8 Å². The van der Waals surface area contributed by atoms with Crippen LogP contribution in [0.15, 0.2) is 72.9 Å². The topological polar surface area (TPSA) is 45.5 Å². The van der Waals surface area contributed by atoms with E-state index in [4.69, 9.17) is 11.6 Å². The van der Waals surface area contributed by atoms with Crippen molar-refractivity contribution in [2.45, 2.75) is 25.3 Å². The fourth-order valence-corrected chi connectivity index (χ4v) is 5.11. The van der Waals surface area contributed by atoms with E-state index in [0.717, 1.165) is 12.0 Å². The summed E-state index contributed by atoms with van der Waals surface area (Å²) in [6, 6.07) is 21.1. The molecule has 1 aromatic heterocycles. The number of carbonyl (C=O) groups excluding carboxylic acids is 1. The molecule has 5 heteroatoms. The maximum absolute atomic E-state index is 13.5. The SMILES string of the molecule is Cn1cc(CCC(=O)N2CCc3ccccc3C2c2cc(Cl)ccc2O)c2ccccc21. The number of carbonyl (C=O) groups is 1. The first-order valence-electron chi connectivity index (χ1n) is 10.9. The number of aryl methyl sites for hydroxylation is 2. The summed E-state index contributed by atoms with van der Waals surface area (Å²) in [7, 11) is 2.03. The van der Waals surface area contributed by atoms with Gasteiger partial charge in [0.2, 0.25) is 5.91 Å². The van der Waals surface area contributed by atoms with E-state index in [0.29, 0.717) is 30.0 Å². The third-order valence-electron chi connectivity index (χ3n) is 6.48. The van der Waals surface area contributed by atoms with E-state index < -0.39 is 0 Å². The van der Waals surface area contributed by atoms with Gasteiger partial charge in [0.05, 0.1) is 6.04 Å². The quantitative estimate of drug-likeness (QED) is 0.442. The molecule has 4 aromatic rings. The van der Waals surface area contributed by atoms with E-state index >= 15 is 0 Å². The highest BCUT2D eigenvalue weighted by molar-refractivity contribution is 6.30. The molecule has 3 aromatic carbocycles. The average Bonchev–Trinajstić information content (AvgIpc) is 3.14. The number of aromatic nitrogens is 1. The molecule has 4 nitrogen and oxygen atoms in total.